The zero-order chi connectivity index (χ0) is 21.2. The molecule has 1 heterocycles. The Morgan fingerprint density at radius 3 is 2.60 bits per heavy atom. The fraction of sp³-hybridized carbons (Fsp3) is 0.318. The van der Waals surface area contributed by atoms with Gasteiger partial charge < -0.3 is 10.1 Å². The fourth-order valence-corrected chi connectivity index (χ4v) is 3.73. The first-order valence-corrected chi connectivity index (χ1v) is 10.8. The summed E-state index contributed by atoms with van der Waals surface area (Å²) in [5, 5.41) is 12.1. The number of carbonyl (C=O) groups is 1. The SMILES string of the molecule is COCCCNC(=O)CSc1nnc(CCc2ccccc2)n1-c1ccc(F)cc1. The van der Waals surface area contributed by atoms with Gasteiger partial charge in [-0.1, -0.05) is 42.1 Å². The van der Waals surface area contributed by atoms with Crippen LogP contribution in [0.15, 0.2) is 59.8 Å². The minimum absolute atomic E-state index is 0.0735. The smallest absolute Gasteiger partial charge is 0.230 e. The Balaban J connectivity index is 1.71. The molecule has 158 valence electrons. The van der Waals surface area contributed by atoms with Crippen LogP contribution in [0.2, 0.25) is 0 Å². The highest BCUT2D eigenvalue weighted by molar-refractivity contribution is 7.99. The lowest BCUT2D eigenvalue weighted by Gasteiger charge is -2.10. The predicted molar refractivity (Wildman–Crippen MR) is 115 cm³/mol. The van der Waals surface area contributed by atoms with E-state index in [1.54, 1.807) is 19.2 Å². The highest BCUT2D eigenvalue weighted by Gasteiger charge is 2.16. The minimum Gasteiger partial charge on any atom is -0.385 e. The van der Waals surface area contributed by atoms with Crippen molar-refractivity contribution >= 4 is 17.7 Å². The van der Waals surface area contributed by atoms with Crippen LogP contribution in [0.4, 0.5) is 4.39 Å². The number of methoxy groups -OCH3 is 1. The van der Waals surface area contributed by atoms with Crippen molar-refractivity contribution in [2.24, 2.45) is 0 Å². The second kappa shape index (κ2) is 11.5. The zero-order valence-electron chi connectivity index (χ0n) is 16.9. The second-order valence-electron chi connectivity index (χ2n) is 6.68. The van der Waals surface area contributed by atoms with Crippen LogP contribution in [0, 0.1) is 5.82 Å². The molecule has 30 heavy (non-hydrogen) atoms. The third-order valence-electron chi connectivity index (χ3n) is 4.45. The molecule has 0 aliphatic heterocycles. The van der Waals surface area contributed by atoms with Gasteiger partial charge in [-0.15, -0.1) is 10.2 Å². The first-order valence-electron chi connectivity index (χ1n) is 9.80. The van der Waals surface area contributed by atoms with Crippen molar-refractivity contribution in [3.63, 3.8) is 0 Å². The van der Waals surface area contributed by atoms with Crippen LogP contribution in [-0.4, -0.2) is 46.7 Å². The number of benzene rings is 2. The van der Waals surface area contributed by atoms with Gasteiger partial charge in [-0.3, -0.25) is 9.36 Å². The molecular weight excluding hydrogens is 403 g/mol. The van der Waals surface area contributed by atoms with E-state index in [4.69, 9.17) is 4.74 Å². The quantitative estimate of drug-likeness (QED) is 0.374. The molecule has 0 aliphatic rings. The third-order valence-corrected chi connectivity index (χ3v) is 5.37. The van der Waals surface area contributed by atoms with Crippen molar-refractivity contribution in [1.29, 1.82) is 0 Å². The fourth-order valence-electron chi connectivity index (χ4n) is 2.93. The summed E-state index contributed by atoms with van der Waals surface area (Å²) in [6.07, 6.45) is 2.26. The lowest BCUT2D eigenvalue weighted by molar-refractivity contribution is -0.118. The lowest BCUT2D eigenvalue weighted by atomic mass is 10.1. The van der Waals surface area contributed by atoms with Crippen molar-refractivity contribution in [1.82, 2.24) is 20.1 Å². The van der Waals surface area contributed by atoms with Crippen molar-refractivity contribution < 1.29 is 13.9 Å². The monoisotopic (exact) mass is 428 g/mol. The molecule has 0 spiro atoms. The number of aromatic nitrogens is 3. The number of halogens is 1. The largest absolute Gasteiger partial charge is 0.385 e. The Morgan fingerprint density at radius 2 is 1.87 bits per heavy atom. The summed E-state index contributed by atoms with van der Waals surface area (Å²) < 4.78 is 20.3. The van der Waals surface area contributed by atoms with E-state index in [1.807, 2.05) is 22.8 Å². The van der Waals surface area contributed by atoms with E-state index >= 15 is 0 Å². The van der Waals surface area contributed by atoms with Gasteiger partial charge in [0.05, 0.1) is 5.75 Å². The molecule has 0 fully saturated rings. The van der Waals surface area contributed by atoms with E-state index in [-0.39, 0.29) is 17.5 Å². The molecule has 1 amide bonds. The number of thioether (sulfide) groups is 1. The summed E-state index contributed by atoms with van der Waals surface area (Å²) in [4.78, 5) is 12.1. The van der Waals surface area contributed by atoms with Crippen LogP contribution in [0.25, 0.3) is 5.69 Å². The first kappa shape index (κ1) is 22.0. The number of rotatable bonds is 11. The van der Waals surface area contributed by atoms with Crippen LogP contribution >= 0.6 is 11.8 Å². The number of aryl methyl sites for hydroxylation is 2. The highest BCUT2D eigenvalue weighted by Crippen LogP contribution is 2.23. The standard InChI is InChI=1S/C22H25FN4O2S/c1-29-15-5-14-24-21(28)16-30-22-26-25-20(13-8-17-6-3-2-4-7-17)27(22)19-11-9-18(23)10-12-19/h2-4,6-7,9-12H,5,8,13-16H2,1H3,(H,24,28). The van der Waals surface area contributed by atoms with Gasteiger partial charge in [0.25, 0.3) is 0 Å². The molecular formula is C22H25FN4O2S. The summed E-state index contributed by atoms with van der Waals surface area (Å²) in [6, 6.07) is 16.3. The maximum Gasteiger partial charge on any atom is 0.230 e. The Kier molecular flexibility index (Phi) is 8.41. The Labute approximate surface area is 179 Å². The summed E-state index contributed by atoms with van der Waals surface area (Å²) in [6.45, 7) is 1.18. The summed E-state index contributed by atoms with van der Waals surface area (Å²) >= 11 is 1.31. The molecule has 8 heteroatoms. The minimum atomic E-state index is -0.303. The van der Waals surface area contributed by atoms with Crippen LogP contribution in [0.1, 0.15) is 17.8 Å². The molecule has 0 radical (unpaired) electrons. The molecule has 2 aromatic carbocycles. The van der Waals surface area contributed by atoms with Crippen molar-refractivity contribution in [3.05, 3.63) is 71.8 Å². The van der Waals surface area contributed by atoms with Gasteiger partial charge in [-0.25, -0.2) is 4.39 Å². The summed E-state index contributed by atoms with van der Waals surface area (Å²) in [7, 11) is 1.63. The molecule has 0 aliphatic carbocycles. The van der Waals surface area contributed by atoms with Gasteiger partial charge >= 0.3 is 0 Å². The third kappa shape index (κ3) is 6.40. The molecule has 0 saturated heterocycles. The topological polar surface area (TPSA) is 69.0 Å². The Hall–Kier alpha value is -2.71. The molecule has 1 N–H and O–H groups in total. The maximum absolute atomic E-state index is 13.4. The van der Waals surface area contributed by atoms with Gasteiger partial charge in [0, 0.05) is 32.4 Å². The predicted octanol–water partition coefficient (Wildman–Crippen LogP) is 3.44. The van der Waals surface area contributed by atoms with Crippen LogP contribution < -0.4 is 5.32 Å². The van der Waals surface area contributed by atoms with Gasteiger partial charge in [0.15, 0.2) is 5.16 Å². The maximum atomic E-state index is 13.4. The van der Waals surface area contributed by atoms with E-state index in [2.05, 4.69) is 27.6 Å². The van der Waals surface area contributed by atoms with E-state index in [0.29, 0.717) is 24.7 Å². The molecule has 0 unspecified atom stereocenters. The van der Waals surface area contributed by atoms with E-state index in [1.165, 1.54) is 29.5 Å². The number of hydrogen-bond donors (Lipinski definition) is 1. The summed E-state index contributed by atoms with van der Waals surface area (Å²) in [5.74, 6) is 0.622. The number of nitrogens with zero attached hydrogens (tertiary/aromatic N) is 3. The van der Waals surface area contributed by atoms with E-state index < -0.39 is 0 Å². The van der Waals surface area contributed by atoms with Crippen LogP contribution in [0.5, 0.6) is 0 Å². The van der Waals surface area contributed by atoms with E-state index in [9.17, 15) is 9.18 Å². The number of amides is 1. The van der Waals surface area contributed by atoms with Gasteiger partial charge in [-0.05, 0) is 42.7 Å². The van der Waals surface area contributed by atoms with Crippen molar-refractivity contribution in [2.45, 2.75) is 24.4 Å². The normalized spacial score (nSPS) is 10.9. The van der Waals surface area contributed by atoms with Crippen molar-refractivity contribution in [2.75, 3.05) is 26.0 Å². The molecule has 0 atom stereocenters. The molecule has 0 saturated carbocycles. The van der Waals surface area contributed by atoms with E-state index in [0.717, 1.165) is 24.4 Å². The molecule has 0 bridgehead atoms. The summed E-state index contributed by atoms with van der Waals surface area (Å²) in [5.41, 5.74) is 1.98. The second-order valence-corrected chi connectivity index (χ2v) is 7.62. The first-order chi connectivity index (χ1) is 14.7. The molecule has 3 aromatic rings. The molecule has 6 nitrogen and oxygen atoms in total. The van der Waals surface area contributed by atoms with Gasteiger partial charge in [-0.2, -0.15) is 0 Å². The van der Waals surface area contributed by atoms with Crippen LogP contribution in [-0.2, 0) is 22.4 Å². The number of ether oxygens (including phenoxy) is 1. The number of hydrogen-bond acceptors (Lipinski definition) is 5. The highest BCUT2D eigenvalue weighted by atomic mass is 32.2. The average Bonchev–Trinajstić information content (AvgIpc) is 3.18. The molecule has 1 aromatic heterocycles. The average molecular weight is 429 g/mol. The number of carbonyl (C=O) groups excluding carboxylic acids is 1. The van der Waals surface area contributed by atoms with Crippen LogP contribution in [0.3, 0.4) is 0 Å². The lowest BCUT2D eigenvalue weighted by Crippen LogP contribution is -2.27. The number of nitrogens with one attached hydrogen (secondary N) is 1. The Morgan fingerprint density at radius 1 is 1.10 bits per heavy atom. The molecule has 3 rings (SSSR count). The van der Waals surface area contributed by atoms with Crippen molar-refractivity contribution in [3.8, 4) is 5.69 Å². The zero-order valence-corrected chi connectivity index (χ0v) is 17.7. The van der Waals surface area contributed by atoms with Gasteiger partial charge in [0.2, 0.25) is 5.91 Å². The van der Waals surface area contributed by atoms with Gasteiger partial charge in [0.1, 0.15) is 11.6 Å². The Bertz CT molecular complexity index is 932.